The highest BCUT2D eigenvalue weighted by Crippen LogP contribution is 2.21. The second kappa shape index (κ2) is 11.8. The van der Waals surface area contributed by atoms with Gasteiger partial charge in [-0.05, 0) is 29.8 Å². The number of rotatable bonds is 8. The molecule has 8 heteroatoms. The van der Waals surface area contributed by atoms with E-state index in [4.69, 9.17) is 5.73 Å². The average molecular weight is 420 g/mol. The first-order valence-corrected chi connectivity index (χ1v) is 8.99. The van der Waals surface area contributed by atoms with Crippen molar-refractivity contribution in [1.29, 1.82) is 0 Å². The Labute approximate surface area is 176 Å². The molecule has 0 bridgehead atoms. The van der Waals surface area contributed by atoms with E-state index in [1.165, 1.54) is 7.11 Å². The molecule has 2 aromatic carbocycles. The van der Waals surface area contributed by atoms with Gasteiger partial charge in [0, 0.05) is 23.8 Å². The molecular weight excluding hydrogens is 394 g/mol. The number of hydrogen-bond donors (Lipinski definition) is 3. The molecule has 2 aromatic rings. The van der Waals surface area contributed by atoms with E-state index >= 15 is 0 Å². The van der Waals surface area contributed by atoms with Gasteiger partial charge in [0.05, 0.1) is 19.4 Å². The van der Waals surface area contributed by atoms with Gasteiger partial charge in [-0.25, -0.2) is 0 Å². The SMILES string of the molecule is COC(=O)CCNC(=O)c1ccc(NC(=O)C(C)C(N)c2ccccc2)cc1.Cl. The standard InChI is InChI=1S/C21H25N3O4.ClH/c1-14(19(22)15-6-4-3-5-7-15)20(26)24-17-10-8-16(9-11-17)21(27)23-13-12-18(25)28-2;/h3-11,14,19H,12-13,22H2,1-2H3,(H,23,27)(H,24,26);1H. The van der Waals surface area contributed by atoms with Gasteiger partial charge in [0.1, 0.15) is 0 Å². The third-order valence-corrected chi connectivity index (χ3v) is 4.39. The lowest BCUT2D eigenvalue weighted by Gasteiger charge is -2.20. The normalized spacial score (nSPS) is 12.1. The molecule has 2 amide bonds. The number of carbonyl (C=O) groups excluding carboxylic acids is 3. The molecule has 2 rings (SSSR count). The van der Waals surface area contributed by atoms with E-state index in [1.807, 2.05) is 30.3 Å². The summed E-state index contributed by atoms with van der Waals surface area (Å²) in [5, 5.41) is 5.44. The average Bonchev–Trinajstić information content (AvgIpc) is 2.73. The fourth-order valence-electron chi connectivity index (χ4n) is 2.57. The van der Waals surface area contributed by atoms with E-state index in [0.717, 1.165) is 5.56 Å². The molecule has 0 saturated carbocycles. The molecule has 0 fully saturated rings. The van der Waals surface area contributed by atoms with Crippen LogP contribution < -0.4 is 16.4 Å². The lowest BCUT2D eigenvalue weighted by molar-refractivity contribution is -0.140. The fourth-order valence-corrected chi connectivity index (χ4v) is 2.57. The van der Waals surface area contributed by atoms with Crippen molar-refractivity contribution in [1.82, 2.24) is 5.32 Å². The maximum atomic E-state index is 12.5. The molecule has 0 heterocycles. The molecule has 2 unspecified atom stereocenters. The highest BCUT2D eigenvalue weighted by Gasteiger charge is 2.22. The van der Waals surface area contributed by atoms with E-state index in [2.05, 4.69) is 15.4 Å². The maximum Gasteiger partial charge on any atom is 0.307 e. The van der Waals surface area contributed by atoms with Crippen molar-refractivity contribution in [3.05, 3.63) is 65.7 Å². The molecule has 0 aliphatic rings. The fraction of sp³-hybridized carbons (Fsp3) is 0.286. The Hall–Kier alpha value is -2.90. The second-order valence-corrected chi connectivity index (χ2v) is 6.37. The van der Waals surface area contributed by atoms with Crippen molar-refractivity contribution in [2.45, 2.75) is 19.4 Å². The van der Waals surface area contributed by atoms with Gasteiger partial charge in [-0.2, -0.15) is 0 Å². The number of amides is 2. The number of nitrogens with two attached hydrogens (primary N) is 1. The van der Waals surface area contributed by atoms with E-state index in [-0.39, 0.29) is 43.2 Å². The van der Waals surface area contributed by atoms with Crippen molar-refractivity contribution >= 4 is 35.9 Å². The summed E-state index contributed by atoms with van der Waals surface area (Å²) in [6.45, 7) is 1.97. The Morgan fingerprint density at radius 1 is 1.03 bits per heavy atom. The number of esters is 1. The summed E-state index contributed by atoms with van der Waals surface area (Å²) < 4.78 is 4.52. The Kier molecular flexibility index (Phi) is 9.85. The zero-order chi connectivity index (χ0) is 20.5. The van der Waals surface area contributed by atoms with Crippen molar-refractivity contribution in [3.63, 3.8) is 0 Å². The van der Waals surface area contributed by atoms with Crippen LogP contribution in [0.3, 0.4) is 0 Å². The van der Waals surface area contributed by atoms with Crippen LogP contribution in [0.2, 0.25) is 0 Å². The highest BCUT2D eigenvalue weighted by molar-refractivity contribution is 5.96. The molecule has 29 heavy (non-hydrogen) atoms. The van der Waals surface area contributed by atoms with Crippen LogP contribution in [-0.2, 0) is 14.3 Å². The first-order valence-electron chi connectivity index (χ1n) is 8.99. The smallest absolute Gasteiger partial charge is 0.307 e. The quantitative estimate of drug-likeness (QED) is 0.570. The minimum absolute atomic E-state index is 0. The third kappa shape index (κ3) is 7.21. The second-order valence-electron chi connectivity index (χ2n) is 6.37. The summed E-state index contributed by atoms with van der Waals surface area (Å²) in [4.78, 5) is 35.5. The number of nitrogens with one attached hydrogen (secondary N) is 2. The molecular formula is C21H26ClN3O4. The van der Waals surface area contributed by atoms with E-state index in [0.29, 0.717) is 11.3 Å². The van der Waals surface area contributed by atoms with Gasteiger partial charge in [0.25, 0.3) is 5.91 Å². The zero-order valence-corrected chi connectivity index (χ0v) is 17.2. The maximum absolute atomic E-state index is 12.5. The van der Waals surface area contributed by atoms with Crippen LogP contribution in [-0.4, -0.2) is 31.4 Å². The minimum atomic E-state index is -0.427. The summed E-state index contributed by atoms with van der Waals surface area (Å²) in [7, 11) is 1.30. The lowest BCUT2D eigenvalue weighted by Crippen LogP contribution is -2.30. The van der Waals surface area contributed by atoms with Gasteiger partial charge < -0.3 is 21.1 Å². The Morgan fingerprint density at radius 3 is 2.24 bits per heavy atom. The van der Waals surface area contributed by atoms with Crippen LogP contribution in [0.1, 0.15) is 35.3 Å². The first kappa shape index (κ1) is 24.1. The number of hydrogen-bond acceptors (Lipinski definition) is 5. The van der Waals surface area contributed by atoms with E-state index in [1.54, 1.807) is 31.2 Å². The number of carbonyl (C=O) groups is 3. The van der Waals surface area contributed by atoms with Crippen LogP contribution in [0.4, 0.5) is 5.69 Å². The van der Waals surface area contributed by atoms with Gasteiger partial charge in [-0.1, -0.05) is 37.3 Å². The van der Waals surface area contributed by atoms with Gasteiger partial charge in [0.15, 0.2) is 0 Å². The summed E-state index contributed by atoms with van der Waals surface area (Å²) in [6.07, 6.45) is 0.107. The van der Waals surface area contributed by atoms with Gasteiger partial charge in [0.2, 0.25) is 5.91 Å². The van der Waals surface area contributed by atoms with Crippen molar-refractivity contribution in [2.24, 2.45) is 11.7 Å². The predicted octanol–water partition coefficient (Wildman–Crippen LogP) is 2.68. The first-order chi connectivity index (χ1) is 13.4. The number of ether oxygens (including phenoxy) is 1. The molecule has 0 radical (unpaired) electrons. The Bertz CT molecular complexity index is 812. The van der Waals surface area contributed by atoms with E-state index < -0.39 is 12.0 Å². The van der Waals surface area contributed by atoms with Crippen molar-refractivity contribution in [2.75, 3.05) is 19.0 Å². The molecule has 156 valence electrons. The molecule has 7 nitrogen and oxygen atoms in total. The van der Waals surface area contributed by atoms with Crippen LogP contribution in [0.25, 0.3) is 0 Å². The Balaban J connectivity index is 0.00000420. The van der Waals surface area contributed by atoms with Crippen LogP contribution in [0, 0.1) is 5.92 Å². The lowest BCUT2D eigenvalue weighted by atomic mass is 9.94. The molecule has 0 aliphatic heterocycles. The third-order valence-electron chi connectivity index (χ3n) is 4.39. The largest absolute Gasteiger partial charge is 0.469 e. The predicted molar refractivity (Wildman–Crippen MR) is 114 cm³/mol. The number of benzene rings is 2. The molecule has 2 atom stereocenters. The number of anilines is 1. The number of methoxy groups -OCH3 is 1. The highest BCUT2D eigenvalue weighted by atomic mass is 35.5. The van der Waals surface area contributed by atoms with Crippen LogP contribution in [0.15, 0.2) is 54.6 Å². The van der Waals surface area contributed by atoms with Gasteiger partial charge >= 0.3 is 5.97 Å². The molecule has 0 spiro atoms. The summed E-state index contributed by atoms with van der Waals surface area (Å²) >= 11 is 0. The minimum Gasteiger partial charge on any atom is -0.469 e. The zero-order valence-electron chi connectivity index (χ0n) is 16.4. The molecule has 4 N–H and O–H groups in total. The Morgan fingerprint density at radius 2 is 1.66 bits per heavy atom. The molecule has 0 saturated heterocycles. The summed E-state index contributed by atoms with van der Waals surface area (Å²) in [6, 6.07) is 15.5. The molecule has 0 aliphatic carbocycles. The van der Waals surface area contributed by atoms with Crippen molar-refractivity contribution in [3.8, 4) is 0 Å². The molecule has 0 aromatic heterocycles. The van der Waals surface area contributed by atoms with Crippen LogP contribution in [0.5, 0.6) is 0 Å². The van der Waals surface area contributed by atoms with Gasteiger partial charge in [-0.3, -0.25) is 14.4 Å². The summed E-state index contributed by atoms with van der Waals surface area (Å²) in [5.41, 5.74) is 8.08. The van der Waals surface area contributed by atoms with Crippen molar-refractivity contribution < 1.29 is 19.1 Å². The topological polar surface area (TPSA) is 111 Å². The monoisotopic (exact) mass is 419 g/mol. The van der Waals surface area contributed by atoms with E-state index in [9.17, 15) is 14.4 Å². The number of halogens is 1. The summed E-state index contributed by atoms with van der Waals surface area (Å²) in [5.74, 6) is -1.32. The van der Waals surface area contributed by atoms with Gasteiger partial charge in [-0.15, -0.1) is 12.4 Å². The van der Waals surface area contributed by atoms with Crippen LogP contribution >= 0.6 is 12.4 Å².